The van der Waals surface area contributed by atoms with Gasteiger partial charge in [-0.05, 0) is 69.0 Å². The second-order valence-corrected chi connectivity index (χ2v) is 9.99. The highest BCUT2D eigenvalue weighted by atomic mass is 35.5. The van der Waals surface area contributed by atoms with E-state index in [-0.39, 0.29) is 18.5 Å². The maximum Gasteiger partial charge on any atom is 0.313 e. The minimum Gasteiger partial charge on any atom is -0.460 e. The van der Waals surface area contributed by atoms with Gasteiger partial charge in [-0.3, -0.25) is 9.59 Å². The number of aromatic nitrogens is 1. The lowest BCUT2D eigenvalue weighted by Crippen LogP contribution is -2.32. The number of aryl methyl sites for hydroxylation is 2. The second-order valence-electron chi connectivity index (χ2n) is 9.58. The summed E-state index contributed by atoms with van der Waals surface area (Å²) in [7, 11) is 1.83. The predicted molar refractivity (Wildman–Crippen MR) is 135 cm³/mol. The summed E-state index contributed by atoms with van der Waals surface area (Å²) in [6.07, 6.45) is 0.845. The number of aliphatic hydroxyl groups is 1. The number of amides is 1. The first-order valence-electron chi connectivity index (χ1n) is 11.5. The zero-order chi connectivity index (χ0) is 25.2. The molecule has 34 heavy (non-hydrogen) atoms. The number of fused-ring (bicyclic) bond motifs is 1. The van der Waals surface area contributed by atoms with E-state index in [1.54, 1.807) is 13.0 Å². The van der Waals surface area contributed by atoms with Crippen LogP contribution in [-0.2, 0) is 23.0 Å². The molecule has 3 aromatic rings. The molecule has 2 unspecified atom stereocenters. The molecule has 2 N–H and O–H groups in total. The van der Waals surface area contributed by atoms with Crippen molar-refractivity contribution in [3.63, 3.8) is 0 Å². The number of hydrogen-bond donors (Lipinski definition) is 2. The van der Waals surface area contributed by atoms with E-state index in [2.05, 4.69) is 12.2 Å². The summed E-state index contributed by atoms with van der Waals surface area (Å²) in [6, 6.07) is 12.4. The Bertz CT molecular complexity index is 1190. The van der Waals surface area contributed by atoms with Crippen molar-refractivity contribution in [3.8, 4) is 0 Å². The van der Waals surface area contributed by atoms with E-state index in [0.717, 1.165) is 34.0 Å². The molecule has 1 aromatic heterocycles. The molecular formula is C27H33ClN2O4. The highest BCUT2D eigenvalue weighted by molar-refractivity contribution is 6.35. The van der Waals surface area contributed by atoms with Crippen LogP contribution in [0.3, 0.4) is 0 Å². The van der Waals surface area contributed by atoms with Crippen molar-refractivity contribution < 1.29 is 19.4 Å². The average molecular weight is 485 g/mol. The van der Waals surface area contributed by atoms with Gasteiger partial charge in [-0.15, -0.1) is 0 Å². The molecule has 3 rings (SSSR count). The Kier molecular flexibility index (Phi) is 7.74. The summed E-state index contributed by atoms with van der Waals surface area (Å²) in [5, 5.41) is 14.3. The molecule has 0 aliphatic rings. The predicted octanol–water partition coefficient (Wildman–Crippen LogP) is 5.30. The second kappa shape index (κ2) is 10.2. The monoisotopic (exact) mass is 484 g/mol. The molecule has 0 aliphatic carbocycles. The number of nitrogens with one attached hydrogen (secondary N) is 1. The van der Waals surface area contributed by atoms with Crippen LogP contribution in [0.25, 0.3) is 10.9 Å². The number of nitrogens with zero attached hydrogens (tertiary/aromatic N) is 1. The number of aliphatic hydroxyl groups excluding tert-OH is 1. The number of hydrogen-bond acceptors (Lipinski definition) is 4. The first-order chi connectivity index (χ1) is 15.9. The van der Waals surface area contributed by atoms with Gasteiger partial charge >= 0.3 is 5.97 Å². The molecule has 1 heterocycles. The van der Waals surface area contributed by atoms with E-state index >= 15 is 0 Å². The maximum atomic E-state index is 13.1. The number of carbonyl (C=O) groups excluding carboxylic acids is 2. The third-order valence-electron chi connectivity index (χ3n) is 5.90. The molecule has 0 fully saturated rings. The zero-order valence-corrected chi connectivity index (χ0v) is 21.4. The van der Waals surface area contributed by atoms with Crippen LogP contribution in [0.2, 0.25) is 5.02 Å². The molecule has 1 amide bonds. The molecule has 2 atom stereocenters. The van der Waals surface area contributed by atoms with Crippen LogP contribution >= 0.6 is 11.6 Å². The summed E-state index contributed by atoms with van der Waals surface area (Å²) in [4.78, 5) is 25.5. The highest BCUT2D eigenvalue weighted by Crippen LogP contribution is 2.29. The maximum absolute atomic E-state index is 13.1. The number of carbonyl (C=O) groups is 2. The lowest BCUT2D eigenvalue weighted by Gasteiger charge is -2.23. The van der Waals surface area contributed by atoms with Gasteiger partial charge in [0.05, 0.1) is 29.1 Å². The Morgan fingerprint density at radius 1 is 1.12 bits per heavy atom. The summed E-state index contributed by atoms with van der Waals surface area (Å²) in [6.45, 7) is 9.09. The van der Waals surface area contributed by atoms with Crippen molar-refractivity contribution in [3.05, 3.63) is 69.9 Å². The molecule has 182 valence electrons. The summed E-state index contributed by atoms with van der Waals surface area (Å²) in [5.41, 5.74) is 3.42. The van der Waals surface area contributed by atoms with Gasteiger partial charge in [0.15, 0.2) is 0 Å². The zero-order valence-electron chi connectivity index (χ0n) is 20.6. The van der Waals surface area contributed by atoms with Gasteiger partial charge < -0.3 is 19.7 Å². The first kappa shape index (κ1) is 25.8. The molecule has 0 saturated heterocycles. The van der Waals surface area contributed by atoms with Gasteiger partial charge in [-0.2, -0.15) is 0 Å². The van der Waals surface area contributed by atoms with Crippen LogP contribution in [0.4, 0.5) is 0 Å². The first-order valence-corrected chi connectivity index (χ1v) is 11.8. The van der Waals surface area contributed by atoms with Gasteiger partial charge in [0.25, 0.3) is 5.91 Å². The van der Waals surface area contributed by atoms with Crippen molar-refractivity contribution in [1.82, 2.24) is 9.88 Å². The number of esters is 1. The summed E-state index contributed by atoms with van der Waals surface area (Å²) in [5.74, 6) is -1.03. The minimum atomic E-state index is -0.599. The third kappa shape index (κ3) is 5.62. The fraction of sp³-hybridized carbons (Fsp3) is 0.407. The van der Waals surface area contributed by atoms with E-state index < -0.39 is 17.6 Å². The van der Waals surface area contributed by atoms with Gasteiger partial charge in [-0.25, -0.2) is 0 Å². The Morgan fingerprint density at radius 3 is 2.29 bits per heavy atom. The van der Waals surface area contributed by atoms with E-state index in [0.29, 0.717) is 10.7 Å². The van der Waals surface area contributed by atoms with E-state index in [4.69, 9.17) is 16.3 Å². The SMILES string of the molecule is CCc1cc(Cl)c2cc(C(=O)NC(CO)c3ccc(C(C)C(=O)OC(C)(C)C)cc3)n(C)c2c1. The molecular weight excluding hydrogens is 452 g/mol. The van der Waals surface area contributed by atoms with E-state index in [9.17, 15) is 14.7 Å². The van der Waals surface area contributed by atoms with Crippen molar-refractivity contribution >= 4 is 34.4 Å². The fourth-order valence-electron chi connectivity index (χ4n) is 3.87. The molecule has 7 heteroatoms. The van der Waals surface area contributed by atoms with Crippen LogP contribution in [0.15, 0.2) is 42.5 Å². The van der Waals surface area contributed by atoms with Crippen LogP contribution in [-0.4, -0.2) is 33.8 Å². The van der Waals surface area contributed by atoms with Crippen molar-refractivity contribution in [2.75, 3.05) is 6.61 Å². The highest BCUT2D eigenvalue weighted by Gasteiger charge is 2.24. The molecule has 6 nitrogen and oxygen atoms in total. The van der Waals surface area contributed by atoms with Gasteiger partial charge in [0, 0.05) is 12.4 Å². The quantitative estimate of drug-likeness (QED) is 0.446. The molecule has 2 aromatic carbocycles. The minimum absolute atomic E-state index is 0.266. The van der Waals surface area contributed by atoms with Crippen molar-refractivity contribution in [1.29, 1.82) is 0 Å². The molecule has 0 saturated carbocycles. The molecule has 0 radical (unpaired) electrons. The van der Waals surface area contributed by atoms with E-state index in [1.807, 2.05) is 68.8 Å². The van der Waals surface area contributed by atoms with Crippen LogP contribution in [0, 0.1) is 0 Å². The van der Waals surface area contributed by atoms with Gasteiger partial charge in [-0.1, -0.05) is 42.8 Å². The number of ether oxygens (including phenoxy) is 1. The number of benzene rings is 2. The molecule has 0 spiro atoms. The van der Waals surface area contributed by atoms with E-state index in [1.165, 1.54) is 0 Å². The lowest BCUT2D eigenvalue weighted by atomic mass is 9.97. The lowest BCUT2D eigenvalue weighted by molar-refractivity contribution is -0.156. The van der Waals surface area contributed by atoms with Gasteiger partial charge in [0.1, 0.15) is 11.3 Å². The topological polar surface area (TPSA) is 80.6 Å². The summed E-state index contributed by atoms with van der Waals surface area (Å²) >= 11 is 6.44. The Morgan fingerprint density at radius 2 is 1.74 bits per heavy atom. The third-order valence-corrected chi connectivity index (χ3v) is 6.21. The van der Waals surface area contributed by atoms with Crippen LogP contribution in [0.1, 0.15) is 73.8 Å². The summed E-state index contributed by atoms with van der Waals surface area (Å²) < 4.78 is 7.28. The Balaban J connectivity index is 1.79. The van der Waals surface area contributed by atoms with Crippen LogP contribution < -0.4 is 5.32 Å². The normalized spacial score (nSPS) is 13.5. The standard InChI is InChI=1S/C27H33ClN2O4/c1-7-17-12-21(28)20-14-24(30(6)23(20)13-17)25(32)29-22(15-31)19-10-8-18(9-11-19)16(2)26(33)34-27(3,4)5/h8-14,16,22,31H,7,15H2,1-6H3,(H,29,32). The van der Waals surface area contributed by atoms with Crippen molar-refractivity contribution in [2.24, 2.45) is 7.05 Å². The fourth-order valence-corrected chi connectivity index (χ4v) is 4.16. The molecule has 0 aliphatic heterocycles. The Hall–Kier alpha value is -2.83. The molecule has 0 bridgehead atoms. The van der Waals surface area contributed by atoms with Crippen molar-refractivity contribution in [2.45, 2.75) is 58.6 Å². The Labute approximate surface area is 205 Å². The number of halogens is 1. The number of rotatable bonds is 7. The smallest absolute Gasteiger partial charge is 0.313 e. The largest absolute Gasteiger partial charge is 0.460 e. The van der Waals surface area contributed by atoms with Gasteiger partial charge in [0.2, 0.25) is 0 Å². The van der Waals surface area contributed by atoms with Crippen LogP contribution in [0.5, 0.6) is 0 Å². The average Bonchev–Trinajstić information content (AvgIpc) is 3.12.